The molecule has 0 saturated heterocycles. The van der Waals surface area contributed by atoms with E-state index >= 15 is 0 Å². The summed E-state index contributed by atoms with van der Waals surface area (Å²) < 4.78 is 5.29. The molecule has 4 heteroatoms. The monoisotopic (exact) mass is 279 g/mol. The minimum Gasteiger partial charge on any atom is -0.497 e. The summed E-state index contributed by atoms with van der Waals surface area (Å²) in [4.78, 5) is 8.82. The van der Waals surface area contributed by atoms with Gasteiger partial charge < -0.3 is 10.1 Å². The molecule has 0 bridgehead atoms. The predicted octanol–water partition coefficient (Wildman–Crippen LogP) is 3.56. The topological polar surface area (TPSA) is 47.0 Å². The summed E-state index contributed by atoms with van der Waals surface area (Å²) in [7, 11) is 1.67. The lowest BCUT2D eigenvalue weighted by molar-refractivity contribution is 0.415. The molecule has 0 saturated carbocycles. The molecular formula is C17H17N3O. The summed E-state index contributed by atoms with van der Waals surface area (Å²) in [6.45, 7) is 2.71. The van der Waals surface area contributed by atoms with Crippen LogP contribution in [-0.2, 0) is 6.54 Å². The molecule has 3 aromatic rings. The maximum Gasteiger partial charge on any atom is 0.134 e. The normalized spacial score (nSPS) is 10.6. The minimum atomic E-state index is 0.649. The Bertz CT molecular complexity index is 771. The average Bonchev–Trinajstić information content (AvgIpc) is 2.53. The van der Waals surface area contributed by atoms with E-state index in [2.05, 4.69) is 28.3 Å². The molecule has 21 heavy (non-hydrogen) atoms. The van der Waals surface area contributed by atoms with Crippen LogP contribution in [0.3, 0.4) is 0 Å². The maximum absolute atomic E-state index is 5.29. The Hall–Kier alpha value is -2.62. The number of rotatable bonds is 4. The van der Waals surface area contributed by atoms with Gasteiger partial charge in [-0.1, -0.05) is 12.1 Å². The molecule has 2 aromatic heterocycles. The second-order valence-corrected chi connectivity index (χ2v) is 4.87. The maximum atomic E-state index is 5.29. The standard InChI is InChI=1S/C17H17N3O/c1-12-4-3-8-18-16(12)11-20-17-15-10-14(21-2)6-5-13(15)7-9-19-17/h3-10H,11H2,1-2H3,(H,19,20). The first-order valence-electron chi connectivity index (χ1n) is 6.85. The van der Waals surface area contributed by atoms with Crippen LogP contribution in [0.4, 0.5) is 5.82 Å². The number of ether oxygens (including phenoxy) is 1. The van der Waals surface area contributed by atoms with Crippen LogP contribution in [0.15, 0.2) is 48.8 Å². The molecule has 4 nitrogen and oxygen atoms in total. The highest BCUT2D eigenvalue weighted by molar-refractivity contribution is 5.92. The number of aromatic nitrogens is 2. The molecule has 0 aliphatic rings. The van der Waals surface area contributed by atoms with E-state index < -0.39 is 0 Å². The predicted molar refractivity (Wildman–Crippen MR) is 84.6 cm³/mol. The number of aryl methyl sites for hydroxylation is 1. The number of methoxy groups -OCH3 is 1. The molecular weight excluding hydrogens is 262 g/mol. The molecule has 3 rings (SSSR count). The number of hydrogen-bond donors (Lipinski definition) is 1. The molecule has 1 aromatic carbocycles. The number of nitrogens with one attached hydrogen (secondary N) is 1. The summed E-state index contributed by atoms with van der Waals surface area (Å²) in [6.07, 6.45) is 3.62. The van der Waals surface area contributed by atoms with Crippen molar-refractivity contribution in [2.45, 2.75) is 13.5 Å². The van der Waals surface area contributed by atoms with Crippen LogP contribution in [0.1, 0.15) is 11.3 Å². The average molecular weight is 279 g/mol. The van der Waals surface area contributed by atoms with Gasteiger partial charge in [0.15, 0.2) is 0 Å². The zero-order valence-corrected chi connectivity index (χ0v) is 12.1. The molecule has 0 aliphatic heterocycles. The molecule has 0 fully saturated rings. The van der Waals surface area contributed by atoms with E-state index in [4.69, 9.17) is 4.74 Å². The van der Waals surface area contributed by atoms with Crippen molar-refractivity contribution in [2.24, 2.45) is 0 Å². The molecule has 2 heterocycles. The number of pyridine rings is 2. The summed E-state index contributed by atoms with van der Waals surface area (Å²) >= 11 is 0. The number of hydrogen-bond acceptors (Lipinski definition) is 4. The Morgan fingerprint density at radius 1 is 1.10 bits per heavy atom. The van der Waals surface area contributed by atoms with Crippen LogP contribution in [-0.4, -0.2) is 17.1 Å². The van der Waals surface area contributed by atoms with Crippen LogP contribution in [0.5, 0.6) is 5.75 Å². The van der Waals surface area contributed by atoms with Crippen molar-refractivity contribution in [3.05, 3.63) is 60.0 Å². The van der Waals surface area contributed by atoms with Gasteiger partial charge in [0.1, 0.15) is 11.6 Å². The van der Waals surface area contributed by atoms with Gasteiger partial charge in [-0.25, -0.2) is 4.98 Å². The highest BCUT2D eigenvalue weighted by Gasteiger charge is 2.05. The fourth-order valence-electron chi connectivity index (χ4n) is 2.29. The number of fused-ring (bicyclic) bond motifs is 1. The Morgan fingerprint density at radius 2 is 2.00 bits per heavy atom. The van der Waals surface area contributed by atoms with Crippen molar-refractivity contribution >= 4 is 16.6 Å². The quantitative estimate of drug-likeness (QED) is 0.793. The van der Waals surface area contributed by atoms with Gasteiger partial charge in [0.2, 0.25) is 0 Å². The second-order valence-electron chi connectivity index (χ2n) is 4.87. The molecule has 0 amide bonds. The van der Waals surface area contributed by atoms with Crippen LogP contribution in [0, 0.1) is 6.92 Å². The van der Waals surface area contributed by atoms with Gasteiger partial charge in [-0.2, -0.15) is 0 Å². The molecule has 0 spiro atoms. The number of anilines is 1. The van der Waals surface area contributed by atoms with Gasteiger partial charge in [0.05, 0.1) is 19.3 Å². The molecule has 0 aliphatic carbocycles. The molecule has 0 unspecified atom stereocenters. The van der Waals surface area contributed by atoms with Gasteiger partial charge in [-0.05, 0) is 42.1 Å². The zero-order valence-electron chi connectivity index (χ0n) is 12.1. The Kier molecular flexibility index (Phi) is 3.69. The van der Waals surface area contributed by atoms with Crippen LogP contribution >= 0.6 is 0 Å². The van der Waals surface area contributed by atoms with E-state index in [1.54, 1.807) is 7.11 Å². The molecule has 0 atom stereocenters. The highest BCUT2D eigenvalue weighted by Crippen LogP contribution is 2.26. The summed E-state index contributed by atoms with van der Waals surface area (Å²) in [5, 5.41) is 5.54. The molecule has 106 valence electrons. The van der Waals surface area contributed by atoms with Gasteiger partial charge in [0, 0.05) is 17.8 Å². The Morgan fingerprint density at radius 3 is 2.81 bits per heavy atom. The Balaban J connectivity index is 1.91. The molecule has 1 N–H and O–H groups in total. The number of benzene rings is 1. The van der Waals surface area contributed by atoms with Crippen molar-refractivity contribution in [3.63, 3.8) is 0 Å². The summed E-state index contributed by atoms with van der Waals surface area (Å²) in [5.41, 5.74) is 2.20. The van der Waals surface area contributed by atoms with Gasteiger partial charge in [0.25, 0.3) is 0 Å². The minimum absolute atomic E-state index is 0.649. The van der Waals surface area contributed by atoms with E-state index in [9.17, 15) is 0 Å². The first-order chi connectivity index (χ1) is 10.3. The van der Waals surface area contributed by atoms with E-state index in [1.165, 1.54) is 5.56 Å². The van der Waals surface area contributed by atoms with Crippen LogP contribution in [0.2, 0.25) is 0 Å². The van der Waals surface area contributed by atoms with Crippen LogP contribution in [0.25, 0.3) is 10.8 Å². The first kappa shape index (κ1) is 13.4. The van der Waals surface area contributed by atoms with E-state index in [-0.39, 0.29) is 0 Å². The lowest BCUT2D eigenvalue weighted by Crippen LogP contribution is -2.05. The summed E-state index contributed by atoms with van der Waals surface area (Å²) in [5.74, 6) is 1.67. The fraction of sp³-hybridized carbons (Fsp3) is 0.176. The van der Waals surface area contributed by atoms with Gasteiger partial charge in [-0.15, -0.1) is 0 Å². The fourth-order valence-corrected chi connectivity index (χ4v) is 2.29. The SMILES string of the molecule is COc1ccc2ccnc(NCc3ncccc3C)c2c1. The van der Waals surface area contributed by atoms with E-state index in [0.29, 0.717) is 6.54 Å². The lowest BCUT2D eigenvalue weighted by atomic mass is 10.1. The van der Waals surface area contributed by atoms with Crippen molar-refractivity contribution in [2.75, 3.05) is 12.4 Å². The lowest BCUT2D eigenvalue weighted by Gasteiger charge is -2.10. The van der Waals surface area contributed by atoms with Crippen LogP contribution < -0.4 is 10.1 Å². The smallest absolute Gasteiger partial charge is 0.134 e. The highest BCUT2D eigenvalue weighted by atomic mass is 16.5. The van der Waals surface area contributed by atoms with E-state index in [1.807, 2.05) is 42.7 Å². The van der Waals surface area contributed by atoms with Crippen molar-refractivity contribution in [1.29, 1.82) is 0 Å². The summed E-state index contributed by atoms with van der Waals surface area (Å²) in [6, 6.07) is 12.0. The van der Waals surface area contributed by atoms with E-state index in [0.717, 1.165) is 28.0 Å². The van der Waals surface area contributed by atoms with Gasteiger partial charge in [-0.3, -0.25) is 4.98 Å². The van der Waals surface area contributed by atoms with Crippen molar-refractivity contribution in [1.82, 2.24) is 9.97 Å². The Labute approximate surface area is 123 Å². The third kappa shape index (κ3) is 2.79. The van der Waals surface area contributed by atoms with Crippen molar-refractivity contribution in [3.8, 4) is 5.75 Å². The third-order valence-corrected chi connectivity index (χ3v) is 3.51. The first-order valence-corrected chi connectivity index (χ1v) is 6.85. The third-order valence-electron chi connectivity index (χ3n) is 3.51. The number of nitrogens with zero attached hydrogens (tertiary/aromatic N) is 2. The van der Waals surface area contributed by atoms with Gasteiger partial charge >= 0.3 is 0 Å². The zero-order chi connectivity index (χ0) is 14.7. The second kappa shape index (κ2) is 5.79. The molecule has 0 radical (unpaired) electrons. The van der Waals surface area contributed by atoms with Crippen molar-refractivity contribution < 1.29 is 4.74 Å². The largest absolute Gasteiger partial charge is 0.497 e.